The van der Waals surface area contributed by atoms with E-state index in [9.17, 15) is 0 Å². The van der Waals surface area contributed by atoms with E-state index in [0.29, 0.717) is 6.04 Å². The molecule has 0 spiro atoms. The van der Waals surface area contributed by atoms with Gasteiger partial charge in [0.2, 0.25) is 0 Å². The fourth-order valence-electron chi connectivity index (χ4n) is 2.44. The monoisotopic (exact) mass is 352 g/mol. The number of hydrogen-bond acceptors (Lipinski definition) is 2. The molecule has 1 heterocycles. The maximum Gasteiger partial charge on any atom is 0.0417 e. The molecule has 1 saturated heterocycles. The number of benzene rings is 1. The standard InChI is InChI=1S/C13H18BrClN2.ClH/c1-16-8-12-3-2-6-17(12)9-10-4-5-11(15)7-13(10)14;/h4-5,7,12,16H,2-3,6,8-9H2,1H3;1H. The van der Waals surface area contributed by atoms with E-state index in [1.807, 2.05) is 19.2 Å². The second-order valence-electron chi connectivity index (χ2n) is 4.56. The van der Waals surface area contributed by atoms with Crippen molar-refractivity contribution in [2.24, 2.45) is 0 Å². The summed E-state index contributed by atoms with van der Waals surface area (Å²) in [5.74, 6) is 0. The molecular formula is C13H19BrCl2N2. The van der Waals surface area contributed by atoms with Gasteiger partial charge in [-0.3, -0.25) is 4.90 Å². The van der Waals surface area contributed by atoms with Gasteiger partial charge in [0.25, 0.3) is 0 Å². The zero-order valence-electron chi connectivity index (χ0n) is 10.5. The first kappa shape index (κ1) is 16.3. The lowest BCUT2D eigenvalue weighted by molar-refractivity contribution is 0.242. The first-order valence-electron chi connectivity index (χ1n) is 6.03. The van der Waals surface area contributed by atoms with Crippen LogP contribution in [-0.4, -0.2) is 31.1 Å². The van der Waals surface area contributed by atoms with E-state index in [1.165, 1.54) is 24.9 Å². The minimum Gasteiger partial charge on any atom is -0.318 e. The van der Waals surface area contributed by atoms with Gasteiger partial charge in [-0.2, -0.15) is 0 Å². The molecule has 1 aromatic rings. The van der Waals surface area contributed by atoms with Gasteiger partial charge in [0.05, 0.1) is 0 Å². The molecule has 1 aliphatic heterocycles. The zero-order valence-corrected chi connectivity index (χ0v) is 13.6. The summed E-state index contributed by atoms with van der Waals surface area (Å²) >= 11 is 9.54. The van der Waals surface area contributed by atoms with Crippen LogP contribution in [0.5, 0.6) is 0 Å². The van der Waals surface area contributed by atoms with Crippen molar-refractivity contribution in [2.75, 3.05) is 20.1 Å². The second-order valence-corrected chi connectivity index (χ2v) is 5.85. The molecule has 0 aliphatic carbocycles. The summed E-state index contributed by atoms with van der Waals surface area (Å²) in [7, 11) is 2.02. The average molecular weight is 354 g/mol. The number of halogens is 3. The predicted octanol–water partition coefficient (Wildman–Crippen LogP) is 3.71. The lowest BCUT2D eigenvalue weighted by atomic mass is 10.2. The lowest BCUT2D eigenvalue weighted by Gasteiger charge is -2.24. The number of nitrogens with zero attached hydrogens (tertiary/aromatic N) is 1. The molecule has 0 radical (unpaired) electrons. The van der Waals surface area contributed by atoms with E-state index < -0.39 is 0 Å². The Morgan fingerprint density at radius 1 is 1.50 bits per heavy atom. The minimum atomic E-state index is 0. The molecule has 0 saturated carbocycles. The van der Waals surface area contributed by atoms with Crippen molar-refractivity contribution in [1.29, 1.82) is 0 Å². The van der Waals surface area contributed by atoms with Crippen molar-refractivity contribution >= 4 is 39.9 Å². The van der Waals surface area contributed by atoms with Gasteiger partial charge in [0.15, 0.2) is 0 Å². The van der Waals surface area contributed by atoms with Crippen LogP contribution in [0.2, 0.25) is 5.02 Å². The Bertz CT molecular complexity index is 387. The Morgan fingerprint density at radius 2 is 2.28 bits per heavy atom. The maximum atomic E-state index is 5.96. The van der Waals surface area contributed by atoms with Gasteiger partial charge in [-0.05, 0) is 44.1 Å². The van der Waals surface area contributed by atoms with E-state index in [-0.39, 0.29) is 12.4 Å². The van der Waals surface area contributed by atoms with Crippen molar-refractivity contribution in [3.8, 4) is 0 Å². The normalized spacial score (nSPS) is 19.8. The summed E-state index contributed by atoms with van der Waals surface area (Å²) in [6, 6.07) is 6.72. The molecule has 102 valence electrons. The lowest BCUT2D eigenvalue weighted by Crippen LogP contribution is -2.36. The van der Waals surface area contributed by atoms with Crippen LogP contribution < -0.4 is 5.32 Å². The molecule has 18 heavy (non-hydrogen) atoms. The first-order valence-corrected chi connectivity index (χ1v) is 7.20. The molecule has 0 aromatic heterocycles. The number of nitrogens with one attached hydrogen (secondary N) is 1. The van der Waals surface area contributed by atoms with Crippen LogP contribution in [0.15, 0.2) is 22.7 Å². The molecule has 2 rings (SSSR count). The Kier molecular flexibility index (Phi) is 6.96. The smallest absolute Gasteiger partial charge is 0.0417 e. The van der Waals surface area contributed by atoms with E-state index >= 15 is 0 Å². The van der Waals surface area contributed by atoms with E-state index in [0.717, 1.165) is 22.6 Å². The summed E-state index contributed by atoms with van der Waals surface area (Å²) in [5, 5.41) is 4.06. The van der Waals surface area contributed by atoms with Crippen LogP contribution in [0.1, 0.15) is 18.4 Å². The molecule has 1 atom stereocenters. The summed E-state index contributed by atoms with van der Waals surface area (Å²) < 4.78 is 1.11. The van der Waals surface area contributed by atoms with Crippen molar-refractivity contribution in [3.63, 3.8) is 0 Å². The van der Waals surface area contributed by atoms with Gasteiger partial charge >= 0.3 is 0 Å². The maximum absolute atomic E-state index is 5.96. The van der Waals surface area contributed by atoms with Crippen LogP contribution in [0.3, 0.4) is 0 Å². The molecule has 1 aliphatic rings. The third kappa shape index (κ3) is 4.10. The highest BCUT2D eigenvalue weighted by molar-refractivity contribution is 9.10. The summed E-state index contributed by atoms with van der Waals surface area (Å²) in [5.41, 5.74) is 1.32. The number of hydrogen-bond donors (Lipinski definition) is 1. The van der Waals surface area contributed by atoms with Crippen molar-refractivity contribution in [2.45, 2.75) is 25.4 Å². The number of likely N-dealkylation sites (N-methyl/N-ethyl adjacent to an activating group) is 1. The van der Waals surface area contributed by atoms with Crippen LogP contribution in [0.25, 0.3) is 0 Å². The van der Waals surface area contributed by atoms with Gasteiger partial charge in [0.1, 0.15) is 0 Å². The zero-order chi connectivity index (χ0) is 12.3. The molecular weight excluding hydrogens is 335 g/mol. The molecule has 1 fully saturated rings. The predicted molar refractivity (Wildman–Crippen MR) is 83.8 cm³/mol. The van der Waals surface area contributed by atoms with E-state index in [2.05, 4.69) is 32.2 Å². The third-order valence-electron chi connectivity index (χ3n) is 3.33. The number of rotatable bonds is 4. The van der Waals surface area contributed by atoms with Crippen LogP contribution in [0, 0.1) is 0 Å². The molecule has 1 unspecified atom stereocenters. The Hall–Kier alpha value is 0.200. The first-order chi connectivity index (χ1) is 8.20. The van der Waals surface area contributed by atoms with Crippen molar-refractivity contribution in [3.05, 3.63) is 33.3 Å². The topological polar surface area (TPSA) is 15.3 Å². The Balaban J connectivity index is 0.00000162. The fraction of sp³-hybridized carbons (Fsp3) is 0.538. The number of likely N-dealkylation sites (tertiary alicyclic amines) is 1. The third-order valence-corrected chi connectivity index (χ3v) is 4.30. The molecule has 1 aromatic carbocycles. The van der Waals surface area contributed by atoms with Gasteiger partial charge in [-0.15, -0.1) is 12.4 Å². The summed E-state index contributed by atoms with van der Waals surface area (Å²) in [6.07, 6.45) is 2.60. The van der Waals surface area contributed by atoms with Gasteiger partial charge in [0, 0.05) is 28.6 Å². The highest BCUT2D eigenvalue weighted by Gasteiger charge is 2.24. The highest BCUT2D eigenvalue weighted by atomic mass is 79.9. The minimum absolute atomic E-state index is 0. The summed E-state index contributed by atoms with van der Waals surface area (Å²) in [6.45, 7) is 3.27. The van der Waals surface area contributed by atoms with Gasteiger partial charge in [-0.25, -0.2) is 0 Å². The van der Waals surface area contributed by atoms with Gasteiger partial charge in [-0.1, -0.05) is 33.6 Å². The SMILES string of the molecule is CNCC1CCCN1Cc1ccc(Cl)cc1Br.Cl. The average Bonchev–Trinajstić information content (AvgIpc) is 2.71. The van der Waals surface area contributed by atoms with Crippen LogP contribution in [-0.2, 0) is 6.54 Å². The highest BCUT2D eigenvalue weighted by Crippen LogP contribution is 2.26. The molecule has 0 bridgehead atoms. The van der Waals surface area contributed by atoms with Crippen molar-refractivity contribution < 1.29 is 0 Å². The molecule has 1 N–H and O–H groups in total. The van der Waals surface area contributed by atoms with E-state index in [1.54, 1.807) is 0 Å². The fourth-order valence-corrected chi connectivity index (χ4v) is 3.25. The van der Waals surface area contributed by atoms with Crippen LogP contribution in [0.4, 0.5) is 0 Å². The summed E-state index contributed by atoms with van der Waals surface area (Å²) in [4.78, 5) is 2.55. The van der Waals surface area contributed by atoms with Gasteiger partial charge < -0.3 is 5.32 Å². The Morgan fingerprint density at radius 3 is 2.94 bits per heavy atom. The van der Waals surface area contributed by atoms with Crippen molar-refractivity contribution in [1.82, 2.24) is 10.2 Å². The van der Waals surface area contributed by atoms with Crippen LogP contribution >= 0.6 is 39.9 Å². The quantitative estimate of drug-likeness (QED) is 0.887. The van der Waals surface area contributed by atoms with E-state index in [4.69, 9.17) is 11.6 Å². The largest absolute Gasteiger partial charge is 0.318 e. The molecule has 0 amide bonds. The second kappa shape index (κ2) is 7.71. The molecule has 5 heteroatoms. The Labute approximate surface area is 129 Å². The molecule has 2 nitrogen and oxygen atoms in total.